The van der Waals surface area contributed by atoms with Crippen molar-refractivity contribution in [3.63, 3.8) is 0 Å². The average molecular weight is 214 g/mol. The maximum absolute atomic E-state index is 10.2. The summed E-state index contributed by atoms with van der Waals surface area (Å²) in [5.74, 6) is 0.424. The summed E-state index contributed by atoms with van der Waals surface area (Å²) in [5.41, 5.74) is -0.445. The fourth-order valence-corrected chi connectivity index (χ4v) is 1.95. The topological polar surface area (TPSA) is 20.2 Å². The molecule has 1 N–H and O–H groups in total. The third kappa shape index (κ3) is 6.94. The van der Waals surface area contributed by atoms with Gasteiger partial charge in [-0.05, 0) is 19.3 Å². The largest absolute Gasteiger partial charge is 0.390 e. The van der Waals surface area contributed by atoms with Crippen LogP contribution < -0.4 is 0 Å². The van der Waals surface area contributed by atoms with E-state index in [0.29, 0.717) is 5.92 Å². The van der Waals surface area contributed by atoms with Crippen molar-refractivity contribution >= 4 is 0 Å². The van der Waals surface area contributed by atoms with Crippen LogP contribution >= 0.6 is 0 Å². The molecule has 0 aromatic carbocycles. The van der Waals surface area contributed by atoms with E-state index < -0.39 is 5.60 Å². The molecule has 1 nitrogen and oxygen atoms in total. The first-order valence-corrected chi connectivity index (χ1v) is 6.77. The van der Waals surface area contributed by atoms with Gasteiger partial charge in [-0.25, -0.2) is 0 Å². The molecule has 92 valence electrons. The molecule has 0 amide bonds. The van der Waals surface area contributed by atoms with Crippen LogP contribution in [0.2, 0.25) is 0 Å². The fourth-order valence-electron chi connectivity index (χ4n) is 1.95. The molecule has 0 rings (SSSR count). The molecule has 2 atom stereocenters. The van der Waals surface area contributed by atoms with Crippen molar-refractivity contribution in [2.75, 3.05) is 0 Å². The minimum Gasteiger partial charge on any atom is -0.390 e. The van der Waals surface area contributed by atoms with E-state index in [-0.39, 0.29) is 0 Å². The third-order valence-electron chi connectivity index (χ3n) is 3.71. The van der Waals surface area contributed by atoms with Crippen LogP contribution in [0.4, 0.5) is 0 Å². The average Bonchev–Trinajstić information content (AvgIpc) is 2.22. The molecular formula is C14H30O. The van der Waals surface area contributed by atoms with Gasteiger partial charge >= 0.3 is 0 Å². The zero-order valence-electron chi connectivity index (χ0n) is 11.2. The highest BCUT2D eigenvalue weighted by Gasteiger charge is 2.25. The molecule has 2 unspecified atom stereocenters. The summed E-state index contributed by atoms with van der Waals surface area (Å²) in [4.78, 5) is 0. The number of hydrogen-bond acceptors (Lipinski definition) is 1. The molecule has 1 heteroatoms. The van der Waals surface area contributed by atoms with Gasteiger partial charge in [0.25, 0.3) is 0 Å². The lowest BCUT2D eigenvalue weighted by molar-refractivity contribution is -0.00534. The number of aliphatic hydroxyl groups is 1. The zero-order chi connectivity index (χ0) is 11.7. The Balaban J connectivity index is 3.48. The van der Waals surface area contributed by atoms with Gasteiger partial charge in [0.05, 0.1) is 5.60 Å². The molecule has 0 aliphatic rings. The van der Waals surface area contributed by atoms with Crippen LogP contribution in [0.5, 0.6) is 0 Å². The first kappa shape index (κ1) is 15.0. The molecule has 0 spiro atoms. The Morgan fingerprint density at radius 3 is 2.07 bits per heavy atom. The molecule has 0 aromatic heterocycles. The van der Waals surface area contributed by atoms with E-state index in [1.807, 2.05) is 6.92 Å². The van der Waals surface area contributed by atoms with Crippen LogP contribution in [0.3, 0.4) is 0 Å². The number of unbranched alkanes of at least 4 members (excludes halogenated alkanes) is 5. The van der Waals surface area contributed by atoms with Gasteiger partial charge in [-0.3, -0.25) is 0 Å². The van der Waals surface area contributed by atoms with E-state index in [4.69, 9.17) is 0 Å². The predicted octanol–water partition coefficient (Wildman–Crippen LogP) is 4.53. The van der Waals surface area contributed by atoms with Crippen molar-refractivity contribution < 1.29 is 5.11 Å². The van der Waals surface area contributed by atoms with Gasteiger partial charge in [0.1, 0.15) is 0 Å². The maximum Gasteiger partial charge on any atom is 0.0645 e. The Morgan fingerprint density at radius 1 is 1.00 bits per heavy atom. The van der Waals surface area contributed by atoms with Gasteiger partial charge in [0.2, 0.25) is 0 Å². The second-order valence-corrected chi connectivity index (χ2v) is 5.18. The Bertz CT molecular complexity index is 140. The van der Waals surface area contributed by atoms with Gasteiger partial charge in [0, 0.05) is 0 Å². The lowest BCUT2D eigenvalue weighted by atomic mass is 9.84. The summed E-state index contributed by atoms with van der Waals surface area (Å²) < 4.78 is 0. The maximum atomic E-state index is 10.2. The quantitative estimate of drug-likeness (QED) is 0.559. The Kier molecular flexibility index (Phi) is 8.13. The van der Waals surface area contributed by atoms with Crippen LogP contribution in [-0.4, -0.2) is 10.7 Å². The van der Waals surface area contributed by atoms with E-state index in [1.54, 1.807) is 0 Å². The summed E-state index contributed by atoms with van der Waals surface area (Å²) >= 11 is 0. The standard InChI is InChI=1S/C14H30O/c1-5-7-8-9-10-11-12-14(4,15)13(3)6-2/h13,15H,5-12H2,1-4H3. The van der Waals surface area contributed by atoms with Crippen LogP contribution in [-0.2, 0) is 0 Å². The molecule has 0 fully saturated rings. The van der Waals surface area contributed by atoms with Crippen molar-refractivity contribution in [1.29, 1.82) is 0 Å². The highest BCUT2D eigenvalue weighted by molar-refractivity contribution is 4.77. The highest BCUT2D eigenvalue weighted by atomic mass is 16.3. The molecule has 15 heavy (non-hydrogen) atoms. The van der Waals surface area contributed by atoms with E-state index in [1.165, 1.54) is 38.5 Å². The second-order valence-electron chi connectivity index (χ2n) is 5.18. The second kappa shape index (κ2) is 8.15. The first-order chi connectivity index (χ1) is 7.04. The van der Waals surface area contributed by atoms with Crippen LogP contribution in [0, 0.1) is 5.92 Å². The van der Waals surface area contributed by atoms with Gasteiger partial charge in [-0.2, -0.15) is 0 Å². The predicted molar refractivity (Wildman–Crippen MR) is 68.1 cm³/mol. The third-order valence-corrected chi connectivity index (χ3v) is 3.71. The van der Waals surface area contributed by atoms with Crippen LogP contribution in [0.15, 0.2) is 0 Å². The Morgan fingerprint density at radius 2 is 1.53 bits per heavy atom. The lowest BCUT2D eigenvalue weighted by Crippen LogP contribution is -2.32. The highest BCUT2D eigenvalue weighted by Crippen LogP contribution is 2.26. The van der Waals surface area contributed by atoms with E-state index in [0.717, 1.165) is 12.8 Å². The number of hydrogen-bond donors (Lipinski definition) is 1. The van der Waals surface area contributed by atoms with E-state index >= 15 is 0 Å². The molecule has 0 aliphatic heterocycles. The van der Waals surface area contributed by atoms with Gasteiger partial charge in [-0.15, -0.1) is 0 Å². The van der Waals surface area contributed by atoms with Gasteiger partial charge in [-0.1, -0.05) is 65.7 Å². The minimum atomic E-state index is -0.445. The van der Waals surface area contributed by atoms with Gasteiger partial charge < -0.3 is 5.11 Å². The summed E-state index contributed by atoms with van der Waals surface area (Å²) in [7, 11) is 0. The van der Waals surface area contributed by atoms with Gasteiger partial charge in [0.15, 0.2) is 0 Å². The molecule has 0 aromatic rings. The van der Waals surface area contributed by atoms with Crippen LogP contribution in [0.1, 0.15) is 79.1 Å². The molecule has 0 saturated carbocycles. The molecular weight excluding hydrogens is 184 g/mol. The SMILES string of the molecule is CCCCCCCCC(C)(O)C(C)CC. The van der Waals surface area contributed by atoms with Crippen molar-refractivity contribution in [2.24, 2.45) is 5.92 Å². The van der Waals surface area contributed by atoms with Crippen molar-refractivity contribution in [2.45, 2.75) is 84.7 Å². The molecule has 0 aliphatic carbocycles. The summed E-state index contributed by atoms with van der Waals surface area (Å²) in [6, 6.07) is 0. The van der Waals surface area contributed by atoms with E-state index in [9.17, 15) is 5.11 Å². The van der Waals surface area contributed by atoms with Crippen molar-refractivity contribution in [3.8, 4) is 0 Å². The molecule has 0 bridgehead atoms. The normalized spacial score (nSPS) is 17.4. The monoisotopic (exact) mass is 214 g/mol. The Hall–Kier alpha value is -0.0400. The Labute approximate surface area is 96.3 Å². The summed E-state index contributed by atoms with van der Waals surface area (Å²) in [6.45, 7) is 8.54. The molecule has 0 heterocycles. The number of rotatable bonds is 9. The minimum absolute atomic E-state index is 0.424. The first-order valence-electron chi connectivity index (χ1n) is 6.77. The molecule has 0 radical (unpaired) electrons. The molecule has 0 saturated heterocycles. The lowest BCUT2D eigenvalue weighted by Gasteiger charge is -2.29. The van der Waals surface area contributed by atoms with E-state index in [2.05, 4.69) is 20.8 Å². The summed E-state index contributed by atoms with van der Waals surface area (Å²) in [6.07, 6.45) is 9.88. The smallest absolute Gasteiger partial charge is 0.0645 e. The summed E-state index contributed by atoms with van der Waals surface area (Å²) in [5, 5.41) is 10.2. The van der Waals surface area contributed by atoms with Crippen molar-refractivity contribution in [3.05, 3.63) is 0 Å². The van der Waals surface area contributed by atoms with Crippen molar-refractivity contribution in [1.82, 2.24) is 0 Å². The van der Waals surface area contributed by atoms with Crippen LogP contribution in [0.25, 0.3) is 0 Å². The fraction of sp³-hybridized carbons (Fsp3) is 1.00. The zero-order valence-corrected chi connectivity index (χ0v) is 11.2.